The Kier molecular flexibility index (Phi) is 4.60. The number of likely N-dealkylation sites (tertiary alicyclic amines) is 1. The number of piperidine rings is 1. The maximum absolute atomic E-state index is 11.7. The third-order valence-corrected chi connectivity index (χ3v) is 4.26. The fourth-order valence-corrected chi connectivity index (χ4v) is 3.26. The lowest BCUT2D eigenvalue weighted by Crippen LogP contribution is -2.44. The zero-order valence-corrected chi connectivity index (χ0v) is 11.1. The van der Waals surface area contributed by atoms with E-state index in [4.69, 9.17) is 10.00 Å². The van der Waals surface area contributed by atoms with Gasteiger partial charge in [-0.1, -0.05) is 6.42 Å². The van der Waals surface area contributed by atoms with E-state index in [0.717, 1.165) is 38.8 Å². The van der Waals surface area contributed by atoms with Gasteiger partial charge in [0.25, 0.3) is 0 Å². The summed E-state index contributed by atoms with van der Waals surface area (Å²) in [5.74, 6) is 0.229. The Bertz CT molecular complexity index is 329. The second kappa shape index (κ2) is 6.19. The van der Waals surface area contributed by atoms with Crippen molar-refractivity contribution in [2.75, 3.05) is 19.7 Å². The Hall–Kier alpha value is -1.08. The summed E-state index contributed by atoms with van der Waals surface area (Å²) >= 11 is 0. The molecule has 4 heteroatoms. The van der Waals surface area contributed by atoms with Crippen molar-refractivity contribution in [3.8, 4) is 6.07 Å². The second-order valence-electron chi connectivity index (χ2n) is 5.30. The van der Waals surface area contributed by atoms with Crippen LogP contribution in [-0.4, -0.2) is 36.6 Å². The summed E-state index contributed by atoms with van der Waals surface area (Å²) in [7, 11) is 0. The molecule has 0 amide bonds. The molecule has 2 rings (SSSR count). The summed E-state index contributed by atoms with van der Waals surface area (Å²) in [4.78, 5) is 14.1. The molecule has 0 spiro atoms. The lowest BCUT2D eigenvalue weighted by Gasteiger charge is -2.36. The van der Waals surface area contributed by atoms with Crippen molar-refractivity contribution in [1.82, 2.24) is 4.90 Å². The Labute approximate surface area is 109 Å². The van der Waals surface area contributed by atoms with Crippen molar-refractivity contribution in [3.05, 3.63) is 0 Å². The van der Waals surface area contributed by atoms with Crippen LogP contribution in [0.1, 0.15) is 39.0 Å². The molecule has 0 N–H and O–H groups in total. The van der Waals surface area contributed by atoms with Gasteiger partial charge in [-0.2, -0.15) is 5.26 Å². The molecule has 0 bridgehead atoms. The van der Waals surface area contributed by atoms with Crippen LogP contribution in [0.15, 0.2) is 0 Å². The summed E-state index contributed by atoms with van der Waals surface area (Å²) in [6.45, 7) is 4.19. The summed E-state index contributed by atoms with van der Waals surface area (Å²) in [6, 6.07) is 2.86. The predicted molar refractivity (Wildman–Crippen MR) is 67.7 cm³/mol. The lowest BCUT2D eigenvalue weighted by atomic mass is 9.94. The first-order valence-corrected chi connectivity index (χ1v) is 7.06. The molecule has 0 aromatic heterocycles. The molecule has 2 atom stereocenters. The van der Waals surface area contributed by atoms with Gasteiger partial charge in [0.15, 0.2) is 0 Å². The first-order chi connectivity index (χ1) is 8.76. The van der Waals surface area contributed by atoms with E-state index in [2.05, 4.69) is 11.0 Å². The van der Waals surface area contributed by atoms with Gasteiger partial charge in [0.05, 0.1) is 24.5 Å². The van der Waals surface area contributed by atoms with Gasteiger partial charge >= 0.3 is 5.97 Å². The fourth-order valence-electron chi connectivity index (χ4n) is 3.26. The standard InChI is InChI=1S/C14H22N2O2/c1-2-18-14(17)11-6-8-16(9-7-11)13-5-3-4-12(13)10-15/h11-13H,2-9H2,1H3. The quantitative estimate of drug-likeness (QED) is 0.718. The van der Waals surface area contributed by atoms with Crippen LogP contribution in [0.2, 0.25) is 0 Å². The number of hydrogen-bond acceptors (Lipinski definition) is 4. The van der Waals surface area contributed by atoms with E-state index in [1.807, 2.05) is 6.92 Å². The van der Waals surface area contributed by atoms with Gasteiger partial charge in [0.2, 0.25) is 0 Å². The van der Waals surface area contributed by atoms with E-state index in [9.17, 15) is 4.79 Å². The molecular weight excluding hydrogens is 228 g/mol. The molecule has 1 aliphatic heterocycles. The number of hydrogen-bond donors (Lipinski definition) is 0. The van der Waals surface area contributed by atoms with Crippen LogP contribution in [-0.2, 0) is 9.53 Å². The first kappa shape index (κ1) is 13.4. The van der Waals surface area contributed by atoms with Gasteiger partial charge < -0.3 is 4.74 Å². The maximum atomic E-state index is 11.7. The Morgan fingerprint density at radius 2 is 2.06 bits per heavy atom. The Morgan fingerprint density at radius 3 is 2.67 bits per heavy atom. The number of carbonyl (C=O) groups is 1. The molecule has 4 nitrogen and oxygen atoms in total. The van der Waals surface area contributed by atoms with Crippen molar-refractivity contribution >= 4 is 5.97 Å². The molecule has 2 unspecified atom stereocenters. The highest BCUT2D eigenvalue weighted by molar-refractivity contribution is 5.72. The van der Waals surface area contributed by atoms with Gasteiger partial charge in [-0.25, -0.2) is 0 Å². The van der Waals surface area contributed by atoms with Crippen LogP contribution < -0.4 is 0 Å². The van der Waals surface area contributed by atoms with Gasteiger partial charge in [-0.3, -0.25) is 9.69 Å². The van der Waals surface area contributed by atoms with Gasteiger partial charge in [0, 0.05) is 6.04 Å². The fraction of sp³-hybridized carbons (Fsp3) is 0.857. The van der Waals surface area contributed by atoms with E-state index >= 15 is 0 Å². The molecule has 0 radical (unpaired) electrons. The minimum atomic E-state index is -0.0413. The predicted octanol–water partition coefficient (Wildman–Crippen LogP) is 1.95. The summed E-state index contributed by atoms with van der Waals surface area (Å²) in [5.41, 5.74) is 0. The number of ether oxygens (including phenoxy) is 1. The van der Waals surface area contributed by atoms with E-state index in [-0.39, 0.29) is 17.8 Å². The first-order valence-electron chi connectivity index (χ1n) is 7.06. The zero-order valence-electron chi connectivity index (χ0n) is 11.1. The average Bonchev–Trinajstić information content (AvgIpc) is 2.87. The molecule has 2 fully saturated rings. The molecule has 2 aliphatic rings. The maximum Gasteiger partial charge on any atom is 0.309 e. The highest BCUT2D eigenvalue weighted by atomic mass is 16.5. The normalized spacial score (nSPS) is 30.0. The van der Waals surface area contributed by atoms with Gasteiger partial charge in [-0.05, 0) is 45.7 Å². The van der Waals surface area contributed by atoms with Crippen molar-refractivity contribution < 1.29 is 9.53 Å². The van der Waals surface area contributed by atoms with Crippen LogP contribution in [0.5, 0.6) is 0 Å². The molecule has 1 aliphatic carbocycles. The number of esters is 1. The largest absolute Gasteiger partial charge is 0.466 e. The minimum Gasteiger partial charge on any atom is -0.466 e. The van der Waals surface area contributed by atoms with Crippen molar-refractivity contribution in [2.45, 2.75) is 45.1 Å². The average molecular weight is 250 g/mol. The SMILES string of the molecule is CCOC(=O)C1CCN(C2CCCC2C#N)CC1. The monoisotopic (exact) mass is 250 g/mol. The van der Waals surface area contributed by atoms with Crippen LogP contribution in [0, 0.1) is 23.2 Å². The molecule has 0 aromatic carbocycles. The van der Waals surface area contributed by atoms with E-state index in [1.165, 1.54) is 6.42 Å². The Morgan fingerprint density at radius 1 is 1.33 bits per heavy atom. The molecule has 0 aromatic rings. The summed E-state index contributed by atoms with van der Waals surface area (Å²) in [5, 5.41) is 9.13. The molecule has 100 valence electrons. The topological polar surface area (TPSA) is 53.3 Å². The molecule has 1 saturated carbocycles. The van der Waals surface area contributed by atoms with Crippen molar-refractivity contribution in [3.63, 3.8) is 0 Å². The summed E-state index contributed by atoms with van der Waals surface area (Å²) < 4.78 is 5.07. The van der Waals surface area contributed by atoms with Gasteiger partial charge in [-0.15, -0.1) is 0 Å². The van der Waals surface area contributed by atoms with E-state index < -0.39 is 0 Å². The molecule has 18 heavy (non-hydrogen) atoms. The third-order valence-electron chi connectivity index (χ3n) is 4.26. The highest BCUT2D eigenvalue weighted by Crippen LogP contribution is 2.32. The molecular formula is C14H22N2O2. The van der Waals surface area contributed by atoms with Crippen molar-refractivity contribution in [1.29, 1.82) is 5.26 Å². The van der Waals surface area contributed by atoms with E-state index in [1.54, 1.807) is 0 Å². The smallest absolute Gasteiger partial charge is 0.309 e. The van der Waals surface area contributed by atoms with Crippen LogP contribution >= 0.6 is 0 Å². The van der Waals surface area contributed by atoms with Crippen molar-refractivity contribution in [2.24, 2.45) is 11.8 Å². The summed E-state index contributed by atoms with van der Waals surface area (Å²) in [6.07, 6.45) is 5.11. The third kappa shape index (κ3) is 2.84. The number of nitrogens with zero attached hydrogens (tertiary/aromatic N) is 2. The zero-order chi connectivity index (χ0) is 13.0. The lowest BCUT2D eigenvalue weighted by molar-refractivity contribution is -0.149. The number of carbonyl (C=O) groups excluding carboxylic acids is 1. The van der Waals surface area contributed by atoms with Crippen LogP contribution in [0.4, 0.5) is 0 Å². The van der Waals surface area contributed by atoms with Crippen LogP contribution in [0.25, 0.3) is 0 Å². The highest BCUT2D eigenvalue weighted by Gasteiger charge is 2.35. The second-order valence-corrected chi connectivity index (χ2v) is 5.30. The minimum absolute atomic E-state index is 0.0413. The van der Waals surface area contributed by atoms with E-state index in [0.29, 0.717) is 12.6 Å². The molecule has 1 heterocycles. The number of rotatable bonds is 3. The van der Waals surface area contributed by atoms with Crippen LogP contribution in [0.3, 0.4) is 0 Å². The Balaban J connectivity index is 1.83. The number of nitriles is 1. The molecule has 1 saturated heterocycles. The van der Waals surface area contributed by atoms with Gasteiger partial charge in [0.1, 0.15) is 0 Å².